The van der Waals surface area contributed by atoms with E-state index in [0.29, 0.717) is 5.92 Å². The van der Waals surface area contributed by atoms with Crippen LogP contribution in [-0.4, -0.2) is 28.9 Å². The Bertz CT molecular complexity index is 281. The number of rotatable bonds is 1. The summed E-state index contributed by atoms with van der Waals surface area (Å²) in [6.07, 6.45) is 5.11. The molecule has 13 heavy (non-hydrogen) atoms. The van der Waals surface area contributed by atoms with Crippen molar-refractivity contribution >= 4 is 0 Å². The van der Waals surface area contributed by atoms with Gasteiger partial charge in [0.05, 0.1) is 6.20 Å². The molecule has 4 nitrogen and oxygen atoms in total. The van der Waals surface area contributed by atoms with Gasteiger partial charge in [0.15, 0.2) is 0 Å². The van der Waals surface area contributed by atoms with Crippen LogP contribution in [0.15, 0.2) is 12.4 Å². The second-order valence-electron chi connectivity index (χ2n) is 3.71. The van der Waals surface area contributed by atoms with Gasteiger partial charge in [-0.1, -0.05) is 0 Å². The molecule has 0 aromatic carbocycles. The number of aromatic nitrogens is 2. The molecule has 1 fully saturated rings. The van der Waals surface area contributed by atoms with Gasteiger partial charge < -0.3 is 11.1 Å². The summed E-state index contributed by atoms with van der Waals surface area (Å²) >= 11 is 0. The van der Waals surface area contributed by atoms with Gasteiger partial charge in [0.25, 0.3) is 0 Å². The predicted octanol–water partition coefficient (Wildman–Crippen LogP) is -0.176. The Labute approximate surface area is 78.1 Å². The van der Waals surface area contributed by atoms with Crippen LogP contribution in [0.4, 0.5) is 0 Å². The fourth-order valence-corrected chi connectivity index (χ4v) is 1.93. The standard InChI is InChI=1S/C9H16N4/c1-13-6-7(4-12-13)8-2-3-11-5-9(8)10/h4,6,8-9,11H,2-3,5,10H2,1H3. The van der Waals surface area contributed by atoms with E-state index in [0.717, 1.165) is 19.5 Å². The Morgan fingerprint density at radius 2 is 2.54 bits per heavy atom. The summed E-state index contributed by atoms with van der Waals surface area (Å²) in [5, 5.41) is 7.46. The number of piperidine rings is 1. The number of nitrogens with zero attached hydrogens (tertiary/aromatic N) is 2. The van der Waals surface area contributed by atoms with Crippen LogP contribution in [0.5, 0.6) is 0 Å². The van der Waals surface area contributed by atoms with E-state index in [9.17, 15) is 0 Å². The molecular weight excluding hydrogens is 164 g/mol. The SMILES string of the molecule is Cn1cc(C2CCNCC2N)cn1. The molecule has 2 heterocycles. The van der Waals surface area contributed by atoms with Crippen molar-refractivity contribution < 1.29 is 0 Å². The first kappa shape index (κ1) is 8.72. The molecule has 0 radical (unpaired) electrons. The van der Waals surface area contributed by atoms with Gasteiger partial charge in [-0.05, 0) is 18.5 Å². The first-order valence-electron chi connectivity index (χ1n) is 4.72. The molecule has 2 rings (SSSR count). The lowest BCUT2D eigenvalue weighted by Crippen LogP contribution is -2.44. The number of aryl methyl sites for hydroxylation is 1. The molecule has 0 amide bonds. The zero-order chi connectivity index (χ0) is 9.26. The highest BCUT2D eigenvalue weighted by Crippen LogP contribution is 2.23. The lowest BCUT2D eigenvalue weighted by molar-refractivity contribution is 0.403. The second kappa shape index (κ2) is 3.47. The van der Waals surface area contributed by atoms with Gasteiger partial charge in [-0.15, -0.1) is 0 Å². The van der Waals surface area contributed by atoms with Crippen molar-refractivity contribution in [3.8, 4) is 0 Å². The van der Waals surface area contributed by atoms with Crippen molar-refractivity contribution in [1.29, 1.82) is 0 Å². The third-order valence-corrected chi connectivity index (χ3v) is 2.68. The number of nitrogens with two attached hydrogens (primary N) is 1. The van der Waals surface area contributed by atoms with Crippen molar-refractivity contribution in [1.82, 2.24) is 15.1 Å². The fourth-order valence-electron chi connectivity index (χ4n) is 1.93. The molecule has 1 aliphatic rings. The molecule has 1 saturated heterocycles. The molecule has 0 saturated carbocycles. The van der Waals surface area contributed by atoms with Crippen LogP contribution in [0.25, 0.3) is 0 Å². The van der Waals surface area contributed by atoms with E-state index >= 15 is 0 Å². The maximum absolute atomic E-state index is 6.02. The van der Waals surface area contributed by atoms with E-state index in [4.69, 9.17) is 5.73 Å². The molecule has 4 heteroatoms. The summed E-state index contributed by atoms with van der Waals surface area (Å²) in [6, 6.07) is 0.234. The van der Waals surface area contributed by atoms with Gasteiger partial charge in [0.2, 0.25) is 0 Å². The van der Waals surface area contributed by atoms with Crippen LogP contribution in [0.2, 0.25) is 0 Å². The molecular formula is C9H16N4. The van der Waals surface area contributed by atoms with Crippen LogP contribution < -0.4 is 11.1 Å². The van der Waals surface area contributed by atoms with Gasteiger partial charge in [0.1, 0.15) is 0 Å². The van der Waals surface area contributed by atoms with Gasteiger partial charge in [-0.2, -0.15) is 5.10 Å². The van der Waals surface area contributed by atoms with Gasteiger partial charge in [0, 0.05) is 31.7 Å². The van der Waals surface area contributed by atoms with Crippen molar-refractivity contribution in [2.75, 3.05) is 13.1 Å². The van der Waals surface area contributed by atoms with Crippen LogP contribution >= 0.6 is 0 Å². The molecule has 3 N–H and O–H groups in total. The van der Waals surface area contributed by atoms with E-state index < -0.39 is 0 Å². The minimum atomic E-state index is 0.234. The first-order chi connectivity index (χ1) is 6.27. The van der Waals surface area contributed by atoms with E-state index in [1.807, 2.05) is 17.9 Å². The number of nitrogens with one attached hydrogen (secondary N) is 1. The van der Waals surface area contributed by atoms with E-state index in [1.54, 1.807) is 0 Å². The summed E-state index contributed by atoms with van der Waals surface area (Å²) in [7, 11) is 1.94. The van der Waals surface area contributed by atoms with E-state index in [-0.39, 0.29) is 6.04 Å². The maximum atomic E-state index is 6.02. The Hall–Kier alpha value is -0.870. The highest BCUT2D eigenvalue weighted by molar-refractivity contribution is 5.15. The highest BCUT2D eigenvalue weighted by atomic mass is 15.2. The minimum absolute atomic E-state index is 0.234. The molecule has 1 aromatic heterocycles. The number of hydrogen-bond acceptors (Lipinski definition) is 3. The maximum Gasteiger partial charge on any atom is 0.0525 e. The lowest BCUT2D eigenvalue weighted by atomic mass is 9.88. The molecule has 2 unspecified atom stereocenters. The van der Waals surface area contributed by atoms with Crippen LogP contribution in [0.1, 0.15) is 17.9 Å². The molecule has 0 spiro atoms. The lowest BCUT2D eigenvalue weighted by Gasteiger charge is -2.28. The molecule has 2 atom stereocenters. The Morgan fingerprint density at radius 3 is 3.15 bits per heavy atom. The first-order valence-corrected chi connectivity index (χ1v) is 4.72. The van der Waals surface area contributed by atoms with Crippen LogP contribution in [-0.2, 0) is 7.05 Å². The number of hydrogen-bond donors (Lipinski definition) is 2. The molecule has 1 aliphatic heterocycles. The zero-order valence-electron chi connectivity index (χ0n) is 7.90. The molecule has 0 aliphatic carbocycles. The topological polar surface area (TPSA) is 55.9 Å². The molecule has 72 valence electrons. The third kappa shape index (κ3) is 1.73. The minimum Gasteiger partial charge on any atom is -0.326 e. The summed E-state index contributed by atoms with van der Waals surface area (Å²) in [5.74, 6) is 0.481. The summed E-state index contributed by atoms with van der Waals surface area (Å²) in [6.45, 7) is 1.98. The third-order valence-electron chi connectivity index (χ3n) is 2.68. The Balaban J connectivity index is 2.14. The van der Waals surface area contributed by atoms with Gasteiger partial charge in [-0.3, -0.25) is 4.68 Å². The average Bonchev–Trinajstić information content (AvgIpc) is 2.53. The molecule has 0 bridgehead atoms. The second-order valence-corrected chi connectivity index (χ2v) is 3.71. The van der Waals surface area contributed by atoms with Crippen molar-refractivity contribution in [2.45, 2.75) is 18.4 Å². The zero-order valence-corrected chi connectivity index (χ0v) is 7.90. The van der Waals surface area contributed by atoms with Crippen molar-refractivity contribution in [3.63, 3.8) is 0 Å². The largest absolute Gasteiger partial charge is 0.326 e. The quantitative estimate of drug-likeness (QED) is 0.630. The summed E-state index contributed by atoms with van der Waals surface area (Å²) in [4.78, 5) is 0. The van der Waals surface area contributed by atoms with E-state index in [2.05, 4.69) is 16.6 Å². The van der Waals surface area contributed by atoms with Crippen LogP contribution in [0, 0.1) is 0 Å². The monoisotopic (exact) mass is 180 g/mol. The van der Waals surface area contributed by atoms with Crippen LogP contribution in [0.3, 0.4) is 0 Å². The molecule has 1 aromatic rings. The normalized spacial score (nSPS) is 29.1. The van der Waals surface area contributed by atoms with Crippen molar-refractivity contribution in [3.05, 3.63) is 18.0 Å². The summed E-state index contributed by atoms with van der Waals surface area (Å²) < 4.78 is 1.84. The smallest absolute Gasteiger partial charge is 0.0525 e. The average molecular weight is 180 g/mol. The fraction of sp³-hybridized carbons (Fsp3) is 0.667. The highest BCUT2D eigenvalue weighted by Gasteiger charge is 2.23. The van der Waals surface area contributed by atoms with Gasteiger partial charge >= 0.3 is 0 Å². The predicted molar refractivity (Wildman–Crippen MR) is 51.4 cm³/mol. The van der Waals surface area contributed by atoms with Crippen molar-refractivity contribution in [2.24, 2.45) is 12.8 Å². The Kier molecular flexibility index (Phi) is 2.33. The van der Waals surface area contributed by atoms with Gasteiger partial charge in [-0.25, -0.2) is 0 Å². The Morgan fingerprint density at radius 1 is 1.69 bits per heavy atom. The van der Waals surface area contributed by atoms with E-state index in [1.165, 1.54) is 5.56 Å². The summed E-state index contributed by atoms with van der Waals surface area (Å²) in [5.41, 5.74) is 7.30.